The van der Waals surface area contributed by atoms with E-state index in [1.807, 2.05) is 0 Å². The fraction of sp³-hybridized carbons (Fsp3) is 0.300. The fourth-order valence-corrected chi connectivity index (χ4v) is 1.30. The van der Waals surface area contributed by atoms with E-state index in [0.29, 0.717) is 18.7 Å². The first kappa shape index (κ1) is 13.4. The number of carbonyl (C=O) groups excluding carboxylic acids is 1. The van der Waals surface area contributed by atoms with Crippen molar-refractivity contribution in [1.29, 1.82) is 0 Å². The molecular weight excluding hydrogens is 292 g/mol. The Bertz CT molecular complexity index is 411. The highest BCUT2D eigenvalue weighted by molar-refractivity contribution is 9.09. The highest BCUT2D eigenvalue weighted by Gasteiger charge is 2.08. The van der Waals surface area contributed by atoms with E-state index in [1.54, 1.807) is 6.07 Å². The Morgan fingerprint density at radius 3 is 2.94 bits per heavy atom. The van der Waals surface area contributed by atoms with Gasteiger partial charge in [-0.15, -0.1) is 0 Å². The molecule has 0 heterocycles. The van der Waals surface area contributed by atoms with E-state index in [-0.39, 0.29) is 5.69 Å². The van der Waals surface area contributed by atoms with Crippen molar-refractivity contribution in [1.82, 2.24) is 0 Å². The lowest BCUT2D eigenvalue weighted by molar-refractivity contribution is -0.384. The molecule has 1 N–H and O–H groups in total. The minimum absolute atomic E-state index is 0.0803. The monoisotopic (exact) mass is 302 g/mol. The van der Waals surface area contributed by atoms with Gasteiger partial charge in [-0.25, -0.2) is 4.79 Å². The third-order valence-electron chi connectivity index (χ3n) is 1.81. The average molecular weight is 303 g/mol. The number of carbonyl (C=O) groups is 1. The van der Waals surface area contributed by atoms with Crippen LogP contribution in [0.4, 0.5) is 16.2 Å². The van der Waals surface area contributed by atoms with Crippen molar-refractivity contribution < 1.29 is 14.5 Å². The number of rotatable bonds is 5. The Hall–Kier alpha value is -1.63. The highest BCUT2D eigenvalue weighted by atomic mass is 79.9. The van der Waals surface area contributed by atoms with E-state index in [0.717, 1.165) is 5.33 Å². The molecule has 0 atom stereocenters. The molecule has 17 heavy (non-hydrogen) atoms. The van der Waals surface area contributed by atoms with Crippen LogP contribution in [0.1, 0.15) is 6.42 Å². The summed E-state index contributed by atoms with van der Waals surface area (Å²) in [7, 11) is 0. The van der Waals surface area contributed by atoms with Crippen LogP contribution in [0.15, 0.2) is 24.3 Å². The third-order valence-corrected chi connectivity index (χ3v) is 2.38. The lowest BCUT2D eigenvalue weighted by Gasteiger charge is -2.05. The van der Waals surface area contributed by atoms with E-state index < -0.39 is 11.0 Å². The zero-order chi connectivity index (χ0) is 12.7. The van der Waals surface area contributed by atoms with Crippen molar-refractivity contribution in [2.24, 2.45) is 0 Å². The van der Waals surface area contributed by atoms with Gasteiger partial charge in [0.05, 0.1) is 17.2 Å². The van der Waals surface area contributed by atoms with Crippen LogP contribution in [0, 0.1) is 10.1 Å². The smallest absolute Gasteiger partial charge is 0.411 e. The van der Waals surface area contributed by atoms with Gasteiger partial charge in [-0.3, -0.25) is 15.4 Å². The standard InChI is InChI=1S/C10H11BrN2O4/c11-5-2-6-17-10(14)12-8-3-1-4-9(7-8)13(15)16/h1,3-4,7H,2,5-6H2,(H,12,14). The number of anilines is 1. The van der Waals surface area contributed by atoms with Crippen LogP contribution < -0.4 is 5.32 Å². The van der Waals surface area contributed by atoms with E-state index in [2.05, 4.69) is 21.2 Å². The molecule has 0 saturated heterocycles. The zero-order valence-corrected chi connectivity index (χ0v) is 10.5. The van der Waals surface area contributed by atoms with Crippen LogP contribution in [-0.2, 0) is 4.74 Å². The van der Waals surface area contributed by atoms with Crippen LogP contribution in [0.3, 0.4) is 0 Å². The van der Waals surface area contributed by atoms with Crippen LogP contribution in [0.25, 0.3) is 0 Å². The van der Waals surface area contributed by atoms with E-state index >= 15 is 0 Å². The molecule has 1 aromatic rings. The lowest BCUT2D eigenvalue weighted by Crippen LogP contribution is -2.14. The lowest BCUT2D eigenvalue weighted by atomic mass is 10.3. The molecule has 1 rings (SSSR count). The zero-order valence-electron chi connectivity index (χ0n) is 8.89. The molecule has 0 unspecified atom stereocenters. The van der Waals surface area contributed by atoms with Crippen LogP contribution in [0.2, 0.25) is 0 Å². The number of halogens is 1. The molecule has 1 aromatic carbocycles. The minimum Gasteiger partial charge on any atom is -0.449 e. The molecule has 0 fully saturated rings. The molecule has 0 aliphatic rings. The van der Waals surface area contributed by atoms with Crippen LogP contribution in [0.5, 0.6) is 0 Å². The van der Waals surface area contributed by atoms with Gasteiger partial charge in [-0.2, -0.15) is 0 Å². The molecule has 0 spiro atoms. The molecule has 1 amide bonds. The summed E-state index contributed by atoms with van der Waals surface area (Å²) in [5.41, 5.74) is 0.256. The summed E-state index contributed by atoms with van der Waals surface area (Å²) in [4.78, 5) is 21.2. The maximum absolute atomic E-state index is 11.2. The van der Waals surface area contributed by atoms with E-state index in [1.165, 1.54) is 18.2 Å². The van der Waals surface area contributed by atoms with E-state index in [9.17, 15) is 14.9 Å². The normalized spacial score (nSPS) is 9.71. The number of non-ortho nitro benzene ring substituents is 1. The summed E-state index contributed by atoms with van der Waals surface area (Å²) in [5, 5.41) is 13.7. The molecule has 0 radical (unpaired) electrons. The molecule has 7 heteroatoms. The first-order valence-corrected chi connectivity index (χ1v) is 6.00. The van der Waals surface area contributed by atoms with Crippen molar-refractivity contribution in [2.75, 3.05) is 17.3 Å². The summed E-state index contributed by atoms with van der Waals surface area (Å²) in [5.74, 6) is 0. The maximum atomic E-state index is 11.2. The average Bonchev–Trinajstić information content (AvgIpc) is 2.29. The number of nitrogens with one attached hydrogen (secondary N) is 1. The number of benzene rings is 1. The van der Waals surface area contributed by atoms with Crippen molar-refractivity contribution in [3.05, 3.63) is 34.4 Å². The summed E-state index contributed by atoms with van der Waals surface area (Å²) < 4.78 is 4.84. The van der Waals surface area contributed by atoms with Gasteiger partial charge in [0.25, 0.3) is 5.69 Å². The van der Waals surface area contributed by atoms with Crippen LogP contribution in [-0.4, -0.2) is 23.0 Å². The first-order chi connectivity index (χ1) is 8.13. The number of amides is 1. The number of alkyl halides is 1. The molecule has 0 aromatic heterocycles. The molecule has 0 saturated carbocycles. The Balaban J connectivity index is 2.53. The molecule has 0 aliphatic carbocycles. The van der Waals surface area contributed by atoms with Gasteiger partial charge in [-0.05, 0) is 12.5 Å². The predicted molar refractivity (Wildman–Crippen MR) is 66.5 cm³/mol. The Labute approximate surface area is 106 Å². The topological polar surface area (TPSA) is 81.5 Å². The van der Waals surface area contributed by atoms with Gasteiger partial charge in [0.15, 0.2) is 0 Å². The number of nitro benzene ring substituents is 1. The molecule has 0 bridgehead atoms. The number of hydrogen-bond donors (Lipinski definition) is 1. The number of hydrogen-bond acceptors (Lipinski definition) is 4. The summed E-state index contributed by atoms with van der Waals surface area (Å²) >= 11 is 3.21. The number of nitrogens with zero attached hydrogens (tertiary/aromatic N) is 1. The Morgan fingerprint density at radius 2 is 2.29 bits per heavy atom. The van der Waals surface area contributed by atoms with Crippen LogP contribution >= 0.6 is 15.9 Å². The van der Waals surface area contributed by atoms with Gasteiger partial charge < -0.3 is 4.74 Å². The van der Waals surface area contributed by atoms with Gasteiger partial charge in [0, 0.05) is 17.5 Å². The second-order valence-corrected chi connectivity index (χ2v) is 3.90. The largest absolute Gasteiger partial charge is 0.449 e. The second kappa shape index (κ2) is 6.85. The van der Waals surface area contributed by atoms with Crippen molar-refractivity contribution in [2.45, 2.75) is 6.42 Å². The highest BCUT2D eigenvalue weighted by Crippen LogP contribution is 2.17. The summed E-state index contributed by atoms with van der Waals surface area (Å²) in [6, 6.07) is 5.66. The van der Waals surface area contributed by atoms with Crippen molar-refractivity contribution in [3.63, 3.8) is 0 Å². The second-order valence-electron chi connectivity index (χ2n) is 3.11. The van der Waals surface area contributed by atoms with Crippen molar-refractivity contribution in [3.8, 4) is 0 Å². The number of nitro groups is 1. The molecule has 0 aliphatic heterocycles. The quantitative estimate of drug-likeness (QED) is 0.392. The van der Waals surface area contributed by atoms with E-state index in [4.69, 9.17) is 4.74 Å². The molecule has 6 nitrogen and oxygen atoms in total. The predicted octanol–water partition coefficient (Wildman–Crippen LogP) is 2.93. The van der Waals surface area contributed by atoms with Gasteiger partial charge in [-0.1, -0.05) is 22.0 Å². The third kappa shape index (κ3) is 4.81. The van der Waals surface area contributed by atoms with Crippen molar-refractivity contribution >= 4 is 33.4 Å². The molecular formula is C10H11BrN2O4. The summed E-state index contributed by atoms with van der Waals surface area (Å²) in [6.45, 7) is 0.298. The fourth-order valence-electron chi connectivity index (χ4n) is 1.07. The van der Waals surface area contributed by atoms with Gasteiger partial charge >= 0.3 is 6.09 Å². The number of ether oxygens (including phenoxy) is 1. The Morgan fingerprint density at radius 1 is 1.53 bits per heavy atom. The minimum atomic E-state index is -0.619. The van der Waals surface area contributed by atoms with Gasteiger partial charge in [0.1, 0.15) is 0 Å². The SMILES string of the molecule is O=C(Nc1cccc([N+](=O)[O-])c1)OCCCBr. The Kier molecular flexibility index (Phi) is 5.41. The summed E-state index contributed by atoms with van der Waals surface area (Å²) in [6.07, 6.45) is 0.0916. The maximum Gasteiger partial charge on any atom is 0.411 e. The van der Waals surface area contributed by atoms with Gasteiger partial charge in [0.2, 0.25) is 0 Å². The first-order valence-electron chi connectivity index (χ1n) is 4.87. The molecule has 92 valence electrons.